The molecule has 1 aliphatic heterocycles. The van der Waals surface area contributed by atoms with E-state index in [1.54, 1.807) is 29.4 Å². The number of sulfonamides is 1. The molecular formula is C22H24F2N2O5S2. The Labute approximate surface area is 195 Å². The molecule has 0 saturated heterocycles. The summed E-state index contributed by atoms with van der Waals surface area (Å²) >= 11 is 1.22. The van der Waals surface area contributed by atoms with Gasteiger partial charge in [0.25, 0.3) is 0 Å². The van der Waals surface area contributed by atoms with Crippen LogP contribution in [0.5, 0.6) is 5.75 Å². The Balaban J connectivity index is 2.17. The summed E-state index contributed by atoms with van der Waals surface area (Å²) in [4.78, 5) is 12.9. The van der Waals surface area contributed by atoms with Crippen LogP contribution in [0.2, 0.25) is 0 Å². The summed E-state index contributed by atoms with van der Waals surface area (Å²) in [5.74, 6) is -3.74. The highest BCUT2D eigenvalue weighted by Gasteiger charge is 2.33. The maximum Gasteiger partial charge on any atom is 0.368 e. The van der Waals surface area contributed by atoms with E-state index in [2.05, 4.69) is 4.72 Å². The van der Waals surface area contributed by atoms with E-state index in [4.69, 9.17) is 9.84 Å². The fourth-order valence-corrected chi connectivity index (χ4v) is 5.48. The molecule has 0 unspecified atom stereocenters. The van der Waals surface area contributed by atoms with Crippen molar-refractivity contribution in [3.63, 3.8) is 0 Å². The molecule has 0 spiro atoms. The number of carboxylic acids is 1. The van der Waals surface area contributed by atoms with E-state index < -0.39 is 33.7 Å². The van der Waals surface area contributed by atoms with Crippen LogP contribution < -0.4 is 14.4 Å². The summed E-state index contributed by atoms with van der Waals surface area (Å²) < 4.78 is 61.4. The van der Waals surface area contributed by atoms with Crippen molar-refractivity contribution in [1.29, 1.82) is 0 Å². The van der Waals surface area contributed by atoms with Gasteiger partial charge in [-0.3, -0.25) is 0 Å². The number of unbranched alkanes of at least 4 members (excludes halogenated alkanes) is 1. The van der Waals surface area contributed by atoms with Gasteiger partial charge in [0.2, 0.25) is 15.9 Å². The van der Waals surface area contributed by atoms with Gasteiger partial charge in [0.1, 0.15) is 22.7 Å². The maximum absolute atomic E-state index is 13.6. The molecule has 1 heterocycles. The Morgan fingerprint density at radius 3 is 2.64 bits per heavy atom. The fraction of sp³-hybridized carbons (Fsp3) is 0.318. The minimum Gasteiger partial charge on any atom is -0.476 e. The van der Waals surface area contributed by atoms with Crippen LogP contribution >= 0.6 is 11.8 Å². The van der Waals surface area contributed by atoms with Crippen molar-refractivity contribution >= 4 is 39.1 Å². The summed E-state index contributed by atoms with van der Waals surface area (Å²) in [6, 6.07) is 8.17. The van der Waals surface area contributed by atoms with Crippen LogP contribution in [0.25, 0.3) is 0 Å². The highest BCUT2D eigenvalue weighted by atomic mass is 32.2. The summed E-state index contributed by atoms with van der Waals surface area (Å²) in [7, 11) is -4.00. The first-order valence-corrected chi connectivity index (χ1v) is 12.9. The molecule has 0 aromatic heterocycles. The minimum absolute atomic E-state index is 0.00547. The number of fused-ring (bicyclic) bond motifs is 1. The Morgan fingerprint density at radius 1 is 1.33 bits per heavy atom. The van der Waals surface area contributed by atoms with Gasteiger partial charge in [-0.25, -0.2) is 22.3 Å². The topological polar surface area (TPSA) is 95.9 Å². The van der Waals surface area contributed by atoms with E-state index in [0.29, 0.717) is 35.5 Å². The van der Waals surface area contributed by atoms with Crippen molar-refractivity contribution in [2.24, 2.45) is 0 Å². The average Bonchev–Trinajstić information content (AvgIpc) is 2.89. The zero-order chi connectivity index (χ0) is 24.2. The largest absolute Gasteiger partial charge is 0.476 e. The van der Waals surface area contributed by atoms with E-state index in [1.165, 1.54) is 30.0 Å². The van der Waals surface area contributed by atoms with Crippen LogP contribution in [0.1, 0.15) is 26.2 Å². The zero-order valence-electron chi connectivity index (χ0n) is 18.0. The van der Waals surface area contributed by atoms with Gasteiger partial charge < -0.3 is 14.7 Å². The number of rotatable bonds is 8. The first-order chi connectivity index (χ1) is 15.7. The van der Waals surface area contributed by atoms with Crippen LogP contribution in [0.4, 0.5) is 20.2 Å². The third-order valence-corrected chi connectivity index (χ3v) is 7.40. The van der Waals surface area contributed by atoms with Crippen LogP contribution in [0.15, 0.2) is 58.3 Å². The second-order valence-corrected chi connectivity index (χ2v) is 9.94. The zero-order valence-corrected chi connectivity index (χ0v) is 19.7. The van der Waals surface area contributed by atoms with Gasteiger partial charge in [0.05, 0.1) is 10.6 Å². The fourth-order valence-electron chi connectivity index (χ4n) is 3.48. The molecule has 0 aliphatic carbocycles. The number of aliphatic carboxylic acids is 1. The van der Waals surface area contributed by atoms with Gasteiger partial charge in [0, 0.05) is 24.3 Å². The molecule has 2 N–H and O–H groups in total. The molecule has 2 aromatic carbocycles. The number of halogens is 2. The number of benzene rings is 2. The van der Waals surface area contributed by atoms with Crippen molar-refractivity contribution in [2.75, 3.05) is 17.7 Å². The third-order valence-electron chi connectivity index (χ3n) is 5.09. The molecule has 0 amide bonds. The minimum atomic E-state index is -4.00. The molecule has 33 heavy (non-hydrogen) atoms. The summed E-state index contributed by atoms with van der Waals surface area (Å²) in [6.45, 7) is 2.33. The molecule has 0 saturated carbocycles. The van der Waals surface area contributed by atoms with Crippen LogP contribution in [0, 0.1) is 5.82 Å². The van der Waals surface area contributed by atoms with Gasteiger partial charge in [-0.15, -0.1) is 11.8 Å². The van der Waals surface area contributed by atoms with Crippen molar-refractivity contribution in [3.05, 3.63) is 54.3 Å². The number of nitrogens with zero attached hydrogens (tertiary/aromatic N) is 1. The summed E-state index contributed by atoms with van der Waals surface area (Å²) in [6.07, 6.45) is 4.44. The predicted octanol–water partition coefficient (Wildman–Crippen LogP) is 4.81. The maximum atomic E-state index is 13.6. The molecular weight excluding hydrogens is 474 g/mol. The molecule has 0 bridgehead atoms. The first kappa shape index (κ1) is 25.0. The number of carbonyl (C=O) groups is 1. The Morgan fingerprint density at radius 2 is 2.03 bits per heavy atom. The van der Waals surface area contributed by atoms with Crippen LogP contribution in [-0.2, 0) is 14.8 Å². The highest BCUT2D eigenvalue weighted by Crippen LogP contribution is 2.41. The van der Waals surface area contributed by atoms with Crippen molar-refractivity contribution in [2.45, 2.75) is 42.0 Å². The van der Waals surface area contributed by atoms with Crippen LogP contribution in [0.3, 0.4) is 0 Å². The van der Waals surface area contributed by atoms with E-state index in [9.17, 15) is 22.0 Å². The highest BCUT2D eigenvalue weighted by molar-refractivity contribution is 7.98. The third kappa shape index (κ3) is 5.84. The number of nitrogens with one attached hydrogen (secondary N) is 1. The second kappa shape index (κ2) is 10.5. The number of ether oxygens (including phenoxy) is 1. The number of carboxylic acid groups (broad SMARTS) is 1. The lowest BCUT2D eigenvalue weighted by atomic mass is 10.1. The van der Waals surface area contributed by atoms with Gasteiger partial charge in [-0.1, -0.05) is 19.8 Å². The van der Waals surface area contributed by atoms with E-state index >= 15 is 0 Å². The van der Waals surface area contributed by atoms with Gasteiger partial charge >= 0.3 is 5.97 Å². The smallest absolute Gasteiger partial charge is 0.368 e. The lowest BCUT2D eigenvalue weighted by Crippen LogP contribution is -2.39. The molecule has 11 heteroatoms. The Bertz CT molecular complexity index is 1150. The molecule has 2 aromatic rings. The molecule has 1 atom stereocenters. The monoisotopic (exact) mass is 498 g/mol. The van der Waals surface area contributed by atoms with E-state index in [1.807, 2.05) is 6.92 Å². The second-order valence-electron chi connectivity index (χ2n) is 7.41. The number of hydrogen-bond donors (Lipinski definition) is 2. The standard InChI is InChI=1S/C22H24F2N2O5S2/c1-3-4-5-15-12-26(16-8-6-14(23)7-9-16)18-10-20(32-2)19(31-13-17(24)22(27)28)11-21(18)33(29,30)25-15/h6-11,13,15,25H,3-5,12H2,1-2H3,(H,27,28)/b17-13-/t15-/m1/s1. The molecule has 178 valence electrons. The molecule has 1 aliphatic rings. The van der Waals surface area contributed by atoms with Gasteiger partial charge in [0.15, 0.2) is 0 Å². The normalized spacial score (nSPS) is 17.9. The summed E-state index contributed by atoms with van der Waals surface area (Å²) in [5, 5.41) is 8.71. The van der Waals surface area contributed by atoms with Gasteiger partial charge in [-0.2, -0.15) is 4.39 Å². The molecule has 3 rings (SSSR count). The first-order valence-electron chi connectivity index (χ1n) is 10.2. The van der Waals surface area contributed by atoms with Gasteiger partial charge in [-0.05, 0) is 43.0 Å². The number of thioether (sulfide) groups is 1. The lowest BCUT2D eigenvalue weighted by molar-refractivity contribution is -0.134. The molecule has 0 radical (unpaired) electrons. The predicted molar refractivity (Wildman–Crippen MR) is 123 cm³/mol. The SMILES string of the molecule is CCCC[C@@H]1CN(c2ccc(F)cc2)c2cc(SC)c(O/C=C(\F)C(=O)O)cc2S(=O)(=O)N1. The number of anilines is 2. The number of hydrogen-bond acceptors (Lipinski definition) is 6. The van der Waals surface area contributed by atoms with E-state index in [-0.39, 0.29) is 10.6 Å². The van der Waals surface area contributed by atoms with Crippen LogP contribution in [-0.4, -0.2) is 38.3 Å². The average molecular weight is 499 g/mol. The Kier molecular flexibility index (Phi) is 7.98. The summed E-state index contributed by atoms with van der Waals surface area (Å²) in [5.41, 5.74) is 0.961. The van der Waals surface area contributed by atoms with E-state index in [0.717, 1.165) is 12.8 Å². The Hall–Kier alpha value is -2.63. The lowest BCUT2D eigenvalue weighted by Gasteiger charge is -2.27. The van der Waals surface area contributed by atoms with Crippen molar-refractivity contribution in [3.8, 4) is 5.75 Å². The molecule has 0 fully saturated rings. The van der Waals surface area contributed by atoms with Crippen molar-refractivity contribution in [1.82, 2.24) is 4.72 Å². The molecule has 7 nitrogen and oxygen atoms in total. The quantitative estimate of drug-likeness (QED) is 0.306. The van der Waals surface area contributed by atoms with Crippen molar-refractivity contribution < 1.29 is 31.8 Å².